The number of allylic oxidation sites excluding steroid dienone is 21. The van der Waals surface area contributed by atoms with Crippen molar-refractivity contribution in [1.29, 1.82) is 0 Å². The number of hydrogen-bond donors (Lipinski definition) is 3. The van der Waals surface area contributed by atoms with Gasteiger partial charge >= 0.3 is 0 Å². The minimum absolute atomic E-state index is 0.126. The molecule has 0 saturated carbocycles. The zero-order chi connectivity index (χ0) is 43.5. The summed E-state index contributed by atoms with van der Waals surface area (Å²) in [5.74, 6) is -0.126. The van der Waals surface area contributed by atoms with Crippen molar-refractivity contribution in [3.8, 4) is 0 Å². The molecule has 0 aliphatic rings. The monoisotopic (exact) mass is 826 g/mol. The lowest BCUT2D eigenvalue weighted by atomic mass is 10.1. The summed E-state index contributed by atoms with van der Waals surface area (Å²) in [7, 11) is 0. The summed E-state index contributed by atoms with van der Waals surface area (Å²) in [4.78, 5) is 12.4. The van der Waals surface area contributed by atoms with Crippen LogP contribution in [0.3, 0.4) is 0 Å². The van der Waals surface area contributed by atoms with E-state index in [1.807, 2.05) is 6.08 Å². The Morgan fingerprint density at radius 1 is 0.417 bits per heavy atom. The summed E-state index contributed by atoms with van der Waals surface area (Å²) < 4.78 is 0. The largest absolute Gasteiger partial charge is 0.394 e. The fourth-order valence-corrected chi connectivity index (χ4v) is 6.40. The third kappa shape index (κ3) is 45.6. The van der Waals surface area contributed by atoms with Gasteiger partial charge in [0.05, 0.1) is 18.8 Å². The number of amides is 1. The van der Waals surface area contributed by atoms with Crippen molar-refractivity contribution in [2.45, 2.75) is 206 Å². The topological polar surface area (TPSA) is 69.6 Å². The third-order valence-corrected chi connectivity index (χ3v) is 10.1. The van der Waals surface area contributed by atoms with Crippen molar-refractivity contribution in [3.63, 3.8) is 0 Å². The average Bonchev–Trinajstić information content (AvgIpc) is 3.25. The zero-order valence-electron chi connectivity index (χ0n) is 38.7. The minimum Gasteiger partial charge on any atom is -0.394 e. The molecule has 0 aliphatic carbocycles. The fourth-order valence-electron chi connectivity index (χ4n) is 6.40. The minimum atomic E-state index is -0.899. The molecule has 0 aromatic carbocycles. The van der Waals surface area contributed by atoms with Crippen molar-refractivity contribution < 1.29 is 15.0 Å². The lowest BCUT2D eigenvalue weighted by Gasteiger charge is -2.19. The Bertz CT molecular complexity index is 1260. The summed E-state index contributed by atoms with van der Waals surface area (Å²) in [6.07, 6.45) is 78.6. The molecule has 4 nitrogen and oxygen atoms in total. The lowest BCUT2D eigenvalue weighted by Crippen LogP contribution is -2.45. The summed E-state index contributed by atoms with van der Waals surface area (Å²) >= 11 is 0. The number of hydrogen-bond acceptors (Lipinski definition) is 3. The van der Waals surface area contributed by atoms with Crippen LogP contribution in [0.1, 0.15) is 194 Å². The van der Waals surface area contributed by atoms with E-state index in [9.17, 15) is 15.0 Å². The maximum atomic E-state index is 12.4. The molecule has 4 heteroatoms. The first-order chi connectivity index (χ1) is 29.7. The van der Waals surface area contributed by atoms with Crippen molar-refractivity contribution in [2.24, 2.45) is 0 Å². The molecule has 0 aromatic rings. The highest BCUT2D eigenvalue weighted by Gasteiger charge is 2.17. The van der Waals surface area contributed by atoms with Crippen molar-refractivity contribution in [3.05, 3.63) is 134 Å². The van der Waals surface area contributed by atoms with E-state index in [1.165, 1.54) is 77.0 Å². The summed E-state index contributed by atoms with van der Waals surface area (Å²) in [5.41, 5.74) is 0. The van der Waals surface area contributed by atoms with E-state index in [0.717, 1.165) is 96.3 Å². The Morgan fingerprint density at radius 3 is 1.17 bits per heavy atom. The van der Waals surface area contributed by atoms with Gasteiger partial charge in [0.25, 0.3) is 0 Å². The van der Waals surface area contributed by atoms with Gasteiger partial charge in [-0.15, -0.1) is 0 Å². The van der Waals surface area contributed by atoms with Crippen molar-refractivity contribution in [2.75, 3.05) is 6.61 Å². The first-order valence-corrected chi connectivity index (χ1v) is 24.4. The van der Waals surface area contributed by atoms with Crippen LogP contribution < -0.4 is 5.32 Å². The predicted octanol–water partition coefficient (Wildman–Crippen LogP) is 15.9. The number of carbonyl (C=O) groups is 1. The van der Waals surface area contributed by atoms with E-state index >= 15 is 0 Å². The zero-order valence-corrected chi connectivity index (χ0v) is 38.7. The van der Waals surface area contributed by atoms with E-state index in [0.29, 0.717) is 6.42 Å². The normalized spacial score (nSPS) is 14.1. The maximum absolute atomic E-state index is 12.4. The molecule has 0 spiro atoms. The number of aliphatic hydroxyl groups excluding tert-OH is 2. The molecular weight excluding hydrogens is 735 g/mol. The fraction of sp³-hybridized carbons (Fsp3) is 0.589. The molecule has 0 radical (unpaired) electrons. The first kappa shape index (κ1) is 56.5. The number of unbranched alkanes of at least 4 members (excludes halogenated alkanes) is 15. The predicted molar refractivity (Wildman–Crippen MR) is 266 cm³/mol. The van der Waals surface area contributed by atoms with Gasteiger partial charge in [-0.05, 0) is 109 Å². The number of carbonyl (C=O) groups excluding carboxylic acids is 1. The summed E-state index contributed by atoms with van der Waals surface area (Å²) in [6.45, 7) is 4.15. The van der Waals surface area contributed by atoms with Crippen molar-refractivity contribution >= 4 is 5.91 Å². The molecule has 2 unspecified atom stereocenters. The first-order valence-electron chi connectivity index (χ1n) is 24.4. The van der Waals surface area contributed by atoms with Crippen LogP contribution >= 0.6 is 0 Å². The SMILES string of the molecule is CC/C=C\C/C=C\C/C=C\C/C=C\C/C=C\C/C=C\C/C=C\C/C=C\CCCCC(=O)NC(CO)C(O)/C=C/CC/C=C/CC/C=C/CCCCCCCCCCCCC. The van der Waals surface area contributed by atoms with Crippen LogP contribution in [0.2, 0.25) is 0 Å². The molecule has 0 aliphatic heterocycles. The summed E-state index contributed by atoms with van der Waals surface area (Å²) in [6, 6.07) is -0.680. The second-order valence-corrected chi connectivity index (χ2v) is 15.8. The van der Waals surface area contributed by atoms with Gasteiger partial charge in [-0.2, -0.15) is 0 Å². The van der Waals surface area contributed by atoms with Crippen LogP contribution in [-0.2, 0) is 4.79 Å². The van der Waals surface area contributed by atoms with Crippen LogP contribution in [0, 0.1) is 0 Å². The van der Waals surface area contributed by atoms with Crippen molar-refractivity contribution in [1.82, 2.24) is 5.32 Å². The van der Waals surface area contributed by atoms with Crippen LogP contribution in [0.25, 0.3) is 0 Å². The Hall–Kier alpha value is -3.47. The van der Waals surface area contributed by atoms with Crippen LogP contribution in [0.4, 0.5) is 0 Å². The Morgan fingerprint density at radius 2 is 0.750 bits per heavy atom. The highest BCUT2D eigenvalue weighted by atomic mass is 16.3. The number of aliphatic hydroxyl groups is 2. The molecular formula is C56H91NO3. The Balaban J connectivity index is 3.79. The lowest BCUT2D eigenvalue weighted by molar-refractivity contribution is -0.123. The van der Waals surface area contributed by atoms with E-state index in [-0.39, 0.29) is 12.5 Å². The molecule has 3 N–H and O–H groups in total. The quantitative estimate of drug-likeness (QED) is 0.0424. The molecule has 0 aromatic heterocycles. The van der Waals surface area contributed by atoms with E-state index in [2.05, 4.69) is 141 Å². The molecule has 2 atom stereocenters. The van der Waals surface area contributed by atoms with E-state index < -0.39 is 12.1 Å². The molecule has 0 bridgehead atoms. The van der Waals surface area contributed by atoms with Crippen LogP contribution in [-0.4, -0.2) is 34.9 Å². The Kier molecular flexibility index (Phi) is 47.0. The standard InChI is InChI=1S/C56H91NO3/c1-3-5-7-9-11-13-15-17-19-21-23-25-26-27-28-29-30-32-34-36-38-40-42-44-46-48-50-52-56(60)57-54(53-58)55(59)51-49-47-45-43-41-39-37-35-33-31-24-22-20-18-16-14-12-10-8-6-4-2/h5,7,11,13,17,19,23,25,27-28,30,32-33,35-36,38,41-44,49,51,54-55,58-59H,3-4,6,8-10,12,14-16,18,20-22,24,26,29,31,34,37,39-40,45-48,50,52-53H2,1-2H3,(H,57,60)/b7-5-,13-11-,19-17-,25-23-,28-27-,32-30-,35-33+,38-36-,43-41+,44-42-,51-49+. The summed E-state index contributed by atoms with van der Waals surface area (Å²) in [5, 5.41) is 23.0. The number of rotatable bonds is 42. The van der Waals surface area contributed by atoms with Gasteiger partial charge in [0.1, 0.15) is 0 Å². The van der Waals surface area contributed by atoms with E-state index in [4.69, 9.17) is 0 Å². The molecule has 0 rings (SSSR count). The molecule has 0 heterocycles. The third-order valence-electron chi connectivity index (χ3n) is 10.1. The van der Waals surface area contributed by atoms with E-state index in [1.54, 1.807) is 6.08 Å². The second-order valence-electron chi connectivity index (χ2n) is 15.8. The molecule has 1 amide bonds. The maximum Gasteiger partial charge on any atom is 0.220 e. The van der Waals surface area contributed by atoms with Gasteiger partial charge in [0, 0.05) is 6.42 Å². The molecule has 60 heavy (non-hydrogen) atoms. The van der Waals surface area contributed by atoms with Gasteiger partial charge in [-0.25, -0.2) is 0 Å². The Labute approximate surface area is 371 Å². The highest BCUT2D eigenvalue weighted by Crippen LogP contribution is 2.12. The number of nitrogens with one attached hydrogen (secondary N) is 1. The highest BCUT2D eigenvalue weighted by molar-refractivity contribution is 5.76. The average molecular weight is 826 g/mol. The van der Waals surface area contributed by atoms with Gasteiger partial charge in [-0.3, -0.25) is 4.79 Å². The molecule has 0 fully saturated rings. The second kappa shape index (κ2) is 49.9. The van der Waals surface area contributed by atoms with Crippen LogP contribution in [0.5, 0.6) is 0 Å². The van der Waals surface area contributed by atoms with Crippen LogP contribution in [0.15, 0.2) is 134 Å². The molecule has 338 valence electrons. The van der Waals surface area contributed by atoms with Gasteiger partial charge in [0.15, 0.2) is 0 Å². The van der Waals surface area contributed by atoms with Gasteiger partial charge < -0.3 is 15.5 Å². The van der Waals surface area contributed by atoms with Gasteiger partial charge in [-0.1, -0.05) is 212 Å². The molecule has 0 saturated heterocycles. The van der Waals surface area contributed by atoms with Gasteiger partial charge in [0.2, 0.25) is 5.91 Å². The smallest absolute Gasteiger partial charge is 0.220 e.